The summed E-state index contributed by atoms with van der Waals surface area (Å²) in [5.74, 6) is 2.18. The number of anilines is 3. The molecule has 0 saturated carbocycles. The molecule has 4 rings (SSSR count). The zero-order valence-corrected chi connectivity index (χ0v) is 15.5. The zero-order valence-electron chi connectivity index (χ0n) is 15.5. The number of aromatic nitrogens is 3. The fourth-order valence-corrected chi connectivity index (χ4v) is 3.16. The van der Waals surface area contributed by atoms with E-state index in [9.17, 15) is 0 Å². The SMILES string of the molecule is Cc1nc(NCCc2c[nH]c3ccccc23)cc(Nc2ccc(C#N)cc2)n1. The summed E-state index contributed by atoms with van der Waals surface area (Å²) in [6.07, 6.45) is 2.96. The van der Waals surface area contributed by atoms with Crippen LogP contribution in [-0.2, 0) is 6.42 Å². The maximum absolute atomic E-state index is 8.90. The van der Waals surface area contributed by atoms with Crippen LogP contribution >= 0.6 is 0 Å². The average molecular weight is 368 g/mol. The molecule has 6 nitrogen and oxygen atoms in total. The van der Waals surface area contributed by atoms with Crippen LogP contribution in [0.5, 0.6) is 0 Å². The standard InChI is InChI=1S/C22H20N6/c1-15-26-21(12-22(27-15)28-18-8-6-16(13-23)7-9-18)24-11-10-17-14-25-20-5-3-2-4-19(17)20/h2-9,12,14,25H,10-11H2,1H3,(H2,24,26,27,28). The Bertz CT molecular complexity index is 1140. The zero-order chi connectivity index (χ0) is 19.3. The van der Waals surface area contributed by atoms with Gasteiger partial charge in [0.05, 0.1) is 11.6 Å². The van der Waals surface area contributed by atoms with Crippen LogP contribution in [-0.4, -0.2) is 21.5 Å². The second kappa shape index (κ2) is 7.80. The van der Waals surface area contributed by atoms with E-state index in [1.165, 1.54) is 10.9 Å². The Hall–Kier alpha value is -3.85. The van der Waals surface area contributed by atoms with Crippen molar-refractivity contribution in [3.63, 3.8) is 0 Å². The van der Waals surface area contributed by atoms with Gasteiger partial charge in [-0.15, -0.1) is 0 Å². The van der Waals surface area contributed by atoms with Crippen LogP contribution in [0.4, 0.5) is 17.3 Å². The van der Waals surface area contributed by atoms with Crippen molar-refractivity contribution in [1.82, 2.24) is 15.0 Å². The molecule has 0 aliphatic rings. The van der Waals surface area contributed by atoms with E-state index < -0.39 is 0 Å². The molecule has 0 spiro atoms. The van der Waals surface area contributed by atoms with E-state index in [2.05, 4.69) is 56.1 Å². The summed E-state index contributed by atoms with van der Waals surface area (Å²) in [5.41, 5.74) is 3.94. The van der Waals surface area contributed by atoms with Gasteiger partial charge in [0.25, 0.3) is 0 Å². The first-order chi connectivity index (χ1) is 13.7. The number of rotatable bonds is 6. The largest absolute Gasteiger partial charge is 0.370 e. The van der Waals surface area contributed by atoms with Gasteiger partial charge in [-0.05, 0) is 49.2 Å². The van der Waals surface area contributed by atoms with Crippen molar-refractivity contribution < 1.29 is 0 Å². The number of hydrogen-bond donors (Lipinski definition) is 3. The van der Waals surface area contributed by atoms with Gasteiger partial charge in [-0.25, -0.2) is 9.97 Å². The first-order valence-corrected chi connectivity index (χ1v) is 9.13. The van der Waals surface area contributed by atoms with Crippen LogP contribution in [0, 0.1) is 18.3 Å². The fraction of sp³-hybridized carbons (Fsp3) is 0.136. The van der Waals surface area contributed by atoms with E-state index in [4.69, 9.17) is 5.26 Å². The number of hydrogen-bond acceptors (Lipinski definition) is 5. The number of aryl methyl sites for hydroxylation is 1. The molecule has 4 aromatic rings. The molecule has 0 radical (unpaired) electrons. The summed E-state index contributed by atoms with van der Waals surface area (Å²) in [7, 11) is 0. The highest BCUT2D eigenvalue weighted by Gasteiger charge is 2.05. The Kier molecular flexibility index (Phi) is 4.89. The van der Waals surface area contributed by atoms with Gasteiger partial charge >= 0.3 is 0 Å². The lowest BCUT2D eigenvalue weighted by Crippen LogP contribution is -2.08. The third kappa shape index (κ3) is 3.94. The lowest BCUT2D eigenvalue weighted by molar-refractivity contribution is 0.988. The minimum atomic E-state index is 0.629. The highest BCUT2D eigenvalue weighted by molar-refractivity contribution is 5.83. The summed E-state index contributed by atoms with van der Waals surface area (Å²) < 4.78 is 0. The molecular formula is C22H20N6. The van der Waals surface area contributed by atoms with Crippen LogP contribution in [0.1, 0.15) is 17.0 Å². The van der Waals surface area contributed by atoms with Crippen LogP contribution in [0.3, 0.4) is 0 Å². The predicted octanol–water partition coefficient (Wildman–Crippen LogP) is 4.54. The fourth-order valence-electron chi connectivity index (χ4n) is 3.16. The molecule has 0 fully saturated rings. The molecule has 0 amide bonds. The maximum atomic E-state index is 8.90. The highest BCUT2D eigenvalue weighted by Crippen LogP contribution is 2.20. The first kappa shape index (κ1) is 17.6. The molecule has 0 aliphatic heterocycles. The number of nitriles is 1. The maximum Gasteiger partial charge on any atom is 0.136 e. The minimum Gasteiger partial charge on any atom is -0.370 e. The summed E-state index contributed by atoms with van der Waals surface area (Å²) in [5, 5.41) is 16.8. The number of aromatic amines is 1. The summed E-state index contributed by atoms with van der Waals surface area (Å²) in [6.45, 7) is 2.64. The summed E-state index contributed by atoms with van der Waals surface area (Å²) >= 11 is 0. The summed E-state index contributed by atoms with van der Waals surface area (Å²) in [4.78, 5) is 12.2. The van der Waals surface area contributed by atoms with Crippen LogP contribution in [0.2, 0.25) is 0 Å². The number of nitrogens with zero attached hydrogens (tertiary/aromatic N) is 3. The molecular weight excluding hydrogens is 348 g/mol. The average Bonchev–Trinajstić information content (AvgIpc) is 3.11. The molecule has 0 aliphatic carbocycles. The summed E-state index contributed by atoms with van der Waals surface area (Å²) in [6, 6.07) is 19.6. The van der Waals surface area contributed by atoms with E-state index in [1.807, 2.05) is 31.2 Å². The van der Waals surface area contributed by atoms with Gasteiger partial charge in [0.15, 0.2) is 0 Å². The Morgan fingerprint density at radius 3 is 2.64 bits per heavy atom. The molecule has 0 atom stereocenters. The van der Waals surface area contributed by atoms with Gasteiger partial charge < -0.3 is 15.6 Å². The van der Waals surface area contributed by atoms with Gasteiger partial charge in [-0.2, -0.15) is 5.26 Å². The van der Waals surface area contributed by atoms with E-state index in [0.29, 0.717) is 17.2 Å². The molecule has 2 aromatic carbocycles. The van der Waals surface area contributed by atoms with E-state index in [1.54, 1.807) is 12.1 Å². The number of H-pyrrole nitrogens is 1. The van der Waals surface area contributed by atoms with Crippen LogP contribution < -0.4 is 10.6 Å². The third-order valence-corrected chi connectivity index (χ3v) is 4.50. The quantitative estimate of drug-likeness (QED) is 0.465. The molecule has 0 bridgehead atoms. The molecule has 6 heteroatoms. The van der Waals surface area contributed by atoms with Crippen molar-refractivity contribution in [3.05, 3.63) is 77.7 Å². The number of benzene rings is 2. The van der Waals surface area contributed by atoms with Gasteiger partial charge in [0.2, 0.25) is 0 Å². The molecule has 2 aromatic heterocycles. The van der Waals surface area contributed by atoms with Crippen molar-refractivity contribution in [2.24, 2.45) is 0 Å². The third-order valence-electron chi connectivity index (χ3n) is 4.50. The first-order valence-electron chi connectivity index (χ1n) is 9.13. The normalized spacial score (nSPS) is 10.6. The molecule has 0 unspecified atom stereocenters. The number of nitrogens with one attached hydrogen (secondary N) is 3. The van der Waals surface area contributed by atoms with Gasteiger partial charge in [0.1, 0.15) is 17.5 Å². The molecule has 28 heavy (non-hydrogen) atoms. The van der Waals surface area contributed by atoms with Gasteiger partial charge in [-0.3, -0.25) is 0 Å². The van der Waals surface area contributed by atoms with Crippen LogP contribution in [0.15, 0.2) is 60.8 Å². The Labute approximate surface area is 163 Å². The van der Waals surface area contributed by atoms with Crippen molar-refractivity contribution >= 4 is 28.2 Å². The van der Waals surface area contributed by atoms with Crippen molar-refractivity contribution in [1.29, 1.82) is 5.26 Å². The highest BCUT2D eigenvalue weighted by atomic mass is 15.1. The van der Waals surface area contributed by atoms with Gasteiger partial charge in [-0.1, -0.05) is 18.2 Å². The van der Waals surface area contributed by atoms with Crippen LogP contribution in [0.25, 0.3) is 10.9 Å². The van der Waals surface area contributed by atoms with Crippen molar-refractivity contribution in [2.75, 3.05) is 17.2 Å². The minimum absolute atomic E-state index is 0.629. The van der Waals surface area contributed by atoms with E-state index in [0.717, 1.165) is 30.0 Å². The smallest absolute Gasteiger partial charge is 0.136 e. The molecule has 0 saturated heterocycles. The number of para-hydroxylation sites is 1. The van der Waals surface area contributed by atoms with Crippen molar-refractivity contribution in [2.45, 2.75) is 13.3 Å². The van der Waals surface area contributed by atoms with E-state index in [-0.39, 0.29) is 0 Å². The van der Waals surface area contributed by atoms with Gasteiger partial charge in [0, 0.05) is 35.4 Å². The van der Waals surface area contributed by atoms with E-state index >= 15 is 0 Å². The monoisotopic (exact) mass is 368 g/mol. The second-order valence-corrected chi connectivity index (χ2v) is 6.54. The topological polar surface area (TPSA) is 89.4 Å². The predicted molar refractivity (Wildman–Crippen MR) is 112 cm³/mol. The van der Waals surface area contributed by atoms with Crippen molar-refractivity contribution in [3.8, 4) is 6.07 Å². The Morgan fingerprint density at radius 1 is 1.04 bits per heavy atom. The lowest BCUT2D eigenvalue weighted by Gasteiger charge is -2.10. The lowest BCUT2D eigenvalue weighted by atomic mass is 10.1. The second-order valence-electron chi connectivity index (χ2n) is 6.54. The Balaban J connectivity index is 1.42. The molecule has 2 heterocycles. The molecule has 138 valence electrons. The molecule has 3 N–H and O–H groups in total. The number of fused-ring (bicyclic) bond motifs is 1. The Morgan fingerprint density at radius 2 is 1.82 bits per heavy atom.